The normalized spacial score (nSPS) is 14.4. The highest BCUT2D eigenvalue weighted by Gasteiger charge is 2.22. The standard InChI is InChI=1S/C9H17N3O2/c1-6(13-4)5-7-11-8(14-12-7)9(2,3)10/h6H,5,10H2,1-4H3. The lowest BCUT2D eigenvalue weighted by Crippen LogP contribution is -2.29. The van der Waals surface area contributed by atoms with Crippen LogP contribution >= 0.6 is 0 Å². The number of hydrogen-bond acceptors (Lipinski definition) is 5. The zero-order valence-corrected chi connectivity index (χ0v) is 9.07. The lowest BCUT2D eigenvalue weighted by Gasteiger charge is -2.10. The van der Waals surface area contributed by atoms with Crippen LogP contribution in [-0.4, -0.2) is 23.4 Å². The first kappa shape index (κ1) is 11.1. The summed E-state index contributed by atoms with van der Waals surface area (Å²) in [5, 5.41) is 3.82. The van der Waals surface area contributed by atoms with Gasteiger partial charge in [0.15, 0.2) is 5.82 Å². The highest BCUT2D eigenvalue weighted by Crippen LogP contribution is 2.14. The Labute approximate surface area is 83.6 Å². The summed E-state index contributed by atoms with van der Waals surface area (Å²) in [5.41, 5.74) is 5.22. The van der Waals surface area contributed by atoms with Crippen LogP contribution in [0.5, 0.6) is 0 Å². The van der Waals surface area contributed by atoms with Gasteiger partial charge in [-0.15, -0.1) is 0 Å². The number of nitrogens with two attached hydrogens (primary N) is 1. The fraction of sp³-hybridized carbons (Fsp3) is 0.778. The summed E-state index contributed by atoms with van der Waals surface area (Å²) in [6, 6.07) is 0. The van der Waals surface area contributed by atoms with Crippen molar-refractivity contribution in [3.05, 3.63) is 11.7 Å². The molecule has 1 heterocycles. The molecular formula is C9H17N3O2. The van der Waals surface area contributed by atoms with E-state index >= 15 is 0 Å². The zero-order valence-electron chi connectivity index (χ0n) is 9.07. The van der Waals surface area contributed by atoms with Crippen molar-refractivity contribution in [2.24, 2.45) is 5.73 Å². The van der Waals surface area contributed by atoms with Crippen LogP contribution in [0.15, 0.2) is 4.52 Å². The van der Waals surface area contributed by atoms with Crippen LogP contribution in [-0.2, 0) is 16.7 Å². The SMILES string of the molecule is COC(C)Cc1noc(C(C)(C)N)n1. The first-order chi connectivity index (χ1) is 6.43. The largest absolute Gasteiger partial charge is 0.381 e. The Morgan fingerprint density at radius 2 is 2.21 bits per heavy atom. The molecule has 0 aliphatic rings. The number of nitrogens with zero attached hydrogens (tertiary/aromatic N) is 2. The molecule has 14 heavy (non-hydrogen) atoms. The average Bonchev–Trinajstić information content (AvgIpc) is 2.51. The Balaban J connectivity index is 2.69. The molecule has 1 atom stereocenters. The smallest absolute Gasteiger partial charge is 0.246 e. The maximum absolute atomic E-state index is 5.81. The van der Waals surface area contributed by atoms with E-state index in [9.17, 15) is 0 Å². The van der Waals surface area contributed by atoms with Gasteiger partial charge in [0.1, 0.15) is 0 Å². The van der Waals surface area contributed by atoms with Gasteiger partial charge in [-0.25, -0.2) is 0 Å². The Bertz CT molecular complexity index is 290. The third-order valence-electron chi connectivity index (χ3n) is 1.89. The summed E-state index contributed by atoms with van der Waals surface area (Å²) in [5.74, 6) is 1.09. The van der Waals surface area contributed by atoms with Gasteiger partial charge >= 0.3 is 0 Å². The fourth-order valence-corrected chi connectivity index (χ4v) is 0.939. The minimum Gasteiger partial charge on any atom is -0.381 e. The van der Waals surface area contributed by atoms with Crippen LogP contribution in [0, 0.1) is 0 Å². The predicted octanol–water partition coefficient (Wildman–Crippen LogP) is 0.841. The molecule has 0 aliphatic heterocycles. The molecule has 1 rings (SSSR count). The quantitative estimate of drug-likeness (QED) is 0.777. The molecule has 0 saturated carbocycles. The van der Waals surface area contributed by atoms with E-state index in [1.165, 1.54) is 0 Å². The lowest BCUT2D eigenvalue weighted by molar-refractivity contribution is 0.116. The van der Waals surface area contributed by atoms with E-state index < -0.39 is 5.54 Å². The van der Waals surface area contributed by atoms with Gasteiger partial charge in [-0.1, -0.05) is 5.16 Å². The van der Waals surface area contributed by atoms with Gasteiger partial charge in [0.2, 0.25) is 5.89 Å². The van der Waals surface area contributed by atoms with E-state index in [-0.39, 0.29) is 6.10 Å². The van der Waals surface area contributed by atoms with Crippen molar-refractivity contribution in [3.63, 3.8) is 0 Å². The van der Waals surface area contributed by atoms with Crippen LogP contribution in [0.1, 0.15) is 32.5 Å². The van der Waals surface area contributed by atoms with Crippen LogP contribution in [0.2, 0.25) is 0 Å². The van der Waals surface area contributed by atoms with E-state index in [4.69, 9.17) is 15.0 Å². The monoisotopic (exact) mass is 199 g/mol. The van der Waals surface area contributed by atoms with Crippen molar-refractivity contribution >= 4 is 0 Å². The molecule has 0 bridgehead atoms. The van der Waals surface area contributed by atoms with Gasteiger partial charge in [0.05, 0.1) is 11.6 Å². The molecule has 0 saturated heterocycles. The van der Waals surface area contributed by atoms with Crippen molar-refractivity contribution in [1.29, 1.82) is 0 Å². The fourth-order valence-electron chi connectivity index (χ4n) is 0.939. The average molecular weight is 199 g/mol. The van der Waals surface area contributed by atoms with Gasteiger partial charge in [-0.2, -0.15) is 4.98 Å². The first-order valence-electron chi connectivity index (χ1n) is 4.58. The van der Waals surface area contributed by atoms with Gasteiger partial charge < -0.3 is 15.0 Å². The molecule has 0 aliphatic carbocycles. The van der Waals surface area contributed by atoms with E-state index in [0.717, 1.165) is 0 Å². The summed E-state index contributed by atoms with van der Waals surface area (Å²) in [6.45, 7) is 5.59. The van der Waals surface area contributed by atoms with E-state index in [0.29, 0.717) is 18.1 Å². The second-order valence-corrected chi connectivity index (χ2v) is 3.99. The molecule has 1 aromatic rings. The minimum atomic E-state index is -0.582. The maximum Gasteiger partial charge on any atom is 0.246 e. The van der Waals surface area contributed by atoms with E-state index in [1.807, 2.05) is 20.8 Å². The second kappa shape index (κ2) is 4.06. The summed E-state index contributed by atoms with van der Waals surface area (Å²) in [4.78, 5) is 4.19. The Morgan fingerprint density at radius 1 is 1.57 bits per heavy atom. The van der Waals surface area contributed by atoms with Gasteiger partial charge in [-0.3, -0.25) is 0 Å². The third-order valence-corrected chi connectivity index (χ3v) is 1.89. The highest BCUT2D eigenvalue weighted by molar-refractivity contribution is 4.97. The van der Waals surface area contributed by atoms with Crippen LogP contribution in [0.25, 0.3) is 0 Å². The van der Waals surface area contributed by atoms with E-state index in [1.54, 1.807) is 7.11 Å². The molecule has 5 heteroatoms. The topological polar surface area (TPSA) is 74.2 Å². The molecule has 0 aromatic carbocycles. The van der Waals surface area contributed by atoms with Gasteiger partial charge in [-0.05, 0) is 20.8 Å². The number of ether oxygens (including phenoxy) is 1. The molecule has 5 nitrogen and oxygen atoms in total. The van der Waals surface area contributed by atoms with Crippen molar-refractivity contribution in [2.75, 3.05) is 7.11 Å². The molecular weight excluding hydrogens is 182 g/mol. The van der Waals surface area contributed by atoms with Crippen LogP contribution < -0.4 is 5.73 Å². The van der Waals surface area contributed by atoms with E-state index in [2.05, 4.69) is 10.1 Å². The first-order valence-corrected chi connectivity index (χ1v) is 4.58. The van der Waals surface area contributed by atoms with Crippen molar-refractivity contribution < 1.29 is 9.26 Å². The summed E-state index contributed by atoms with van der Waals surface area (Å²) >= 11 is 0. The van der Waals surface area contributed by atoms with Crippen molar-refractivity contribution in [3.8, 4) is 0 Å². The molecule has 0 spiro atoms. The predicted molar refractivity (Wildman–Crippen MR) is 51.7 cm³/mol. The number of rotatable bonds is 4. The molecule has 0 fully saturated rings. The molecule has 0 radical (unpaired) electrons. The summed E-state index contributed by atoms with van der Waals surface area (Å²) < 4.78 is 10.1. The van der Waals surface area contributed by atoms with Crippen molar-refractivity contribution in [1.82, 2.24) is 10.1 Å². The van der Waals surface area contributed by atoms with Gasteiger partial charge in [0, 0.05) is 13.5 Å². The van der Waals surface area contributed by atoms with Crippen LogP contribution in [0.4, 0.5) is 0 Å². The Hall–Kier alpha value is -0.940. The number of aromatic nitrogens is 2. The highest BCUT2D eigenvalue weighted by atomic mass is 16.5. The molecule has 1 aromatic heterocycles. The summed E-state index contributed by atoms with van der Waals surface area (Å²) in [6.07, 6.45) is 0.720. The molecule has 0 amide bonds. The zero-order chi connectivity index (χ0) is 10.8. The Kier molecular flexibility index (Phi) is 3.23. The number of hydrogen-bond donors (Lipinski definition) is 1. The molecule has 80 valence electrons. The third kappa shape index (κ3) is 2.78. The summed E-state index contributed by atoms with van der Waals surface area (Å²) in [7, 11) is 1.65. The lowest BCUT2D eigenvalue weighted by atomic mass is 10.1. The second-order valence-electron chi connectivity index (χ2n) is 3.99. The Morgan fingerprint density at radius 3 is 2.64 bits per heavy atom. The van der Waals surface area contributed by atoms with Crippen LogP contribution in [0.3, 0.4) is 0 Å². The number of methoxy groups -OCH3 is 1. The minimum absolute atomic E-state index is 0.0846. The molecule has 2 N–H and O–H groups in total. The molecule has 1 unspecified atom stereocenters. The van der Waals surface area contributed by atoms with Crippen molar-refractivity contribution in [2.45, 2.75) is 38.8 Å². The maximum atomic E-state index is 5.81. The van der Waals surface area contributed by atoms with Gasteiger partial charge in [0.25, 0.3) is 0 Å².